The van der Waals surface area contributed by atoms with E-state index in [0.29, 0.717) is 0 Å². The predicted octanol–water partition coefficient (Wildman–Crippen LogP) is 5.09. The maximum Gasteiger partial charge on any atom is 0.0596 e. The van der Waals surface area contributed by atoms with Crippen molar-refractivity contribution in [2.24, 2.45) is 0 Å². The van der Waals surface area contributed by atoms with Crippen LogP contribution >= 0.6 is 11.6 Å². The van der Waals surface area contributed by atoms with Crippen molar-refractivity contribution in [3.05, 3.63) is 101 Å². The van der Waals surface area contributed by atoms with E-state index in [-0.39, 0.29) is 5.41 Å². The second-order valence-corrected chi connectivity index (χ2v) is 5.65. The standard InChI is InChI=1S/C19H16ClN/c1-19(15-8-3-2-4-9-15,18-12-5-6-13-21-18)16-10-7-11-17(20)14-16/h2-14H,1H3. The smallest absolute Gasteiger partial charge is 0.0596 e. The Morgan fingerprint density at radius 1 is 0.810 bits per heavy atom. The lowest BCUT2D eigenvalue weighted by Gasteiger charge is -2.30. The van der Waals surface area contributed by atoms with Gasteiger partial charge in [-0.1, -0.05) is 60.1 Å². The maximum atomic E-state index is 6.21. The Balaban J connectivity index is 2.25. The van der Waals surface area contributed by atoms with Crippen LogP contribution in [-0.4, -0.2) is 4.98 Å². The molecule has 1 heterocycles. The highest BCUT2D eigenvalue weighted by Crippen LogP contribution is 2.38. The lowest BCUT2D eigenvalue weighted by atomic mass is 9.73. The minimum Gasteiger partial charge on any atom is -0.260 e. The maximum absolute atomic E-state index is 6.21. The molecule has 0 saturated carbocycles. The van der Waals surface area contributed by atoms with E-state index >= 15 is 0 Å². The van der Waals surface area contributed by atoms with E-state index in [1.807, 2.05) is 42.6 Å². The molecular weight excluding hydrogens is 278 g/mol. The molecule has 3 aromatic rings. The summed E-state index contributed by atoms with van der Waals surface area (Å²) < 4.78 is 0. The summed E-state index contributed by atoms with van der Waals surface area (Å²) in [7, 11) is 0. The molecule has 1 aromatic heterocycles. The monoisotopic (exact) mass is 293 g/mol. The number of hydrogen-bond donors (Lipinski definition) is 0. The Morgan fingerprint density at radius 3 is 2.19 bits per heavy atom. The highest BCUT2D eigenvalue weighted by Gasteiger charge is 2.32. The summed E-state index contributed by atoms with van der Waals surface area (Å²) in [6.45, 7) is 2.19. The zero-order valence-electron chi connectivity index (χ0n) is 11.8. The molecule has 0 N–H and O–H groups in total. The Morgan fingerprint density at radius 2 is 1.52 bits per heavy atom. The Bertz CT molecular complexity index is 683. The van der Waals surface area contributed by atoms with Gasteiger partial charge >= 0.3 is 0 Å². The molecule has 0 radical (unpaired) electrons. The van der Waals surface area contributed by atoms with E-state index in [0.717, 1.165) is 16.3 Å². The quantitative estimate of drug-likeness (QED) is 0.655. The molecule has 0 aliphatic heterocycles. The molecule has 0 aliphatic rings. The number of hydrogen-bond acceptors (Lipinski definition) is 1. The van der Waals surface area contributed by atoms with Gasteiger partial charge in [0, 0.05) is 11.2 Å². The van der Waals surface area contributed by atoms with E-state index in [2.05, 4.69) is 48.3 Å². The molecule has 1 nitrogen and oxygen atoms in total. The molecule has 3 rings (SSSR count). The normalized spacial score (nSPS) is 13.6. The van der Waals surface area contributed by atoms with Gasteiger partial charge in [0.25, 0.3) is 0 Å². The van der Waals surface area contributed by atoms with E-state index in [1.165, 1.54) is 5.56 Å². The lowest BCUT2D eigenvalue weighted by molar-refractivity contribution is 0.665. The summed E-state index contributed by atoms with van der Waals surface area (Å²) in [6.07, 6.45) is 1.83. The number of pyridine rings is 1. The van der Waals surface area contributed by atoms with Crippen molar-refractivity contribution in [3.63, 3.8) is 0 Å². The van der Waals surface area contributed by atoms with Gasteiger partial charge in [0.2, 0.25) is 0 Å². The van der Waals surface area contributed by atoms with Crippen LogP contribution in [0.2, 0.25) is 5.02 Å². The molecular formula is C19H16ClN. The molecule has 104 valence electrons. The fourth-order valence-corrected chi connectivity index (χ4v) is 2.88. The van der Waals surface area contributed by atoms with Gasteiger partial charge in [-0.25, -0.2) is 0 Å². The number of nitrogens with zero attached hydrogens (tertiary/aromatic N) is 1. The van der Waals surface area contributed by atoms with E-state index in [1.54, 1.807) is 0 Å². The fraction of sp³-hybridized carbons (Fsp3) is 0.105. The average molecular weight is 294 g/mol. The van der Waals surface area contributed by atoms with Crippen molar-refractivity contribution in [1.29, 1.82) is 0 Å². The molecule has 0 aliphatic carbocycles. The van der Waals surface area contributed by atoms with E-state index in [4.69, 9.17) is 11.6 Å². The highest BCUT2D eigenvalue weighted by molar-refractivity contribution is 6.30. The molecule has 0 spiro atoms. The third kappa shape index (κ3) is 2.57. The summed E-state index contributed by atoms with van der Waals surface area (Å²) in [5.41, 5.74) is 3.03. The minimum absolute atomic E-state index is 0.326. The van der Waals surface area contributed by atoms with E-state index < -0.39 is 0 Å². The molecule has 21 heavy (non-hydrogen) atoms. The SMILES string of the molecule is CC(c1ccccc1)(c1cccc(Cl)c1)c1ccccn1. The number of halogens is 1. The van der Waals surface area contributed by atoms with Crippen molar-refractivity contribution in [3.8, 4) is 0 Å². The second kappa shape index (κ2) is 5.71. The molecule has 0 amide bonds. The van der Waals surface area contributed by atoms with Crippen LogP contribution < -0.4 is 0 Å². The fourth-order valence-electron chi connectivity index (χ4n) is 2.69. The Hall–Kier alpha value is -2.12. The van der Waals surface area contributed by atoms with Crippen molar-refractivity contribution in [1.82, 2.24) is 4.98 Å². The lowest BCUT2D eigenvalue weighted by Crippen LogP contribution is -2.26. The molecule has 1 atom stereocenters. The summed E-state index contributed by atoms with van der Waals surface area (Å²) in [5.74, 6) is 0. The van der Waals surface area contributed by atoms with Crippen LogP contribution in [0.4, 0.5) is 0 Å². The van der Waals surface area contributed by atoms with Gasteiger partial charge < -0.3 is 0 Å². The molecule has 0 fully saturated rings. The molecule has 1 unspecified atom stereocenters. The third-order valence-corrected chi connectivity index (χ3v) is 4.17. The van der Waals surface area contributed by atoms with Crippen LogP contribution in [0.3, 0.4) is 0 Å². The van der Waals surface area contributed by atoms with Gasteiger partial charge in [-0.15, -0.1) is 0 Å². The summed E-state index contributed by atoms with van der Waals surface area (Å²) in [5, 5.41) is 0.741. The summed E-state index contributed by atoms with van der Waals surface area (Å²) in [4.78, 5) is 4.59. The molecule has 0 bridgehead atoms. The van der Waals surface area contributed by atoms with Crippen LogP contribution in [-0.2, 0) is 5.41 Å². The average Bonchev–Trinajstić information content (AvgIpc) is 2.56. The molecule has 2 aromatic carbocycles. The first-order valence-electron chi connectivity index (χ1n) is 6.94. The number of rotatable bonds is 3. The van der Waals surface area contributed by atoms with Crippen molar-refractivity contribution in [2.75, 3.05) is 0 Å². The van der Waals surface area contributed by atoms with Gasteiger partial charge in [0.15, 0.2) is 0 Å². The first-order valence-corrected chi connectivity index (χ1v) is 7.32. The molecule has 0 saturated heterocycles. The van der Waals surface area contributed by atoms with Gasteiger partial charge in [-0.2, -0.15) is 0 Å². The van der Waals surface area contributed by atoms with Crippen LogP contribution in [0, 0.1) is 0 Å². The van der Waals surface area contributed by atoms with Gasteiger partial charge in [-0.05, 0) is 42.3 Å². The highest BCUT2D eigenvalue weighted by atomic mass is 35.5. The number of aromatic nitrogens is 1. The zero-order valence-corrected chi connectivity index (χ0v) is 12.6. The summed E-state index contributed by atoms with van der Waals surface area (Å²) in [6, 6.07) is 24.4. The Kier molecular flexibility index (Phi) is 3.76. The topological polar surface area (TPSA) is 12.9 Å². The summed E-state index contributed by atoms with van der Waals surface area (Å²) >= 11 is 6.21. The molecule has 2 heteroatoms. The second-order valence-electron chi connectivity index (χ2n) is 5.22. The zero-order chi connectivity index (χ0) is 14.7. The van der Waals surface area contributed by atoms with Crippen molar-refractivity contribution in [2.45, 2.75) is 12.3 Å². The minimum atomic E-state index is -0.326. The van der Waals surface area contributed by atoms with Crippen LogP contribution in [0.25, 0.3) is 0 Å². The van der Waals surface area contributed by atoms with E-state index in [9.17, 15) is 0 Å². The van der Waals surface area contributed by atoms with Crippen LogP contribution in [0.1, 0.15) is 23.7 Å². The first-order chi connectivity index (χ1) is 10.2. The van der Waals surface area contributed by atoms with Gasteiger partial charge in [0.1, 0.15) is 0 Å². The van der Waals surface area contributed by atoms with Gasteiger partial charge in [0.05, 0.1) is 11.1 Å². The third-order valence-electron chi connectivity index (χ3n) is 3.93. The van der Waals surface area contributed by atoms with Crippen molar-refractivity contribution >= 4 is 11.6 Å². The van der Waals surface area contributed by atoms with Crippen LogP contribution in [0.15, 0.2) is 79.0 Å². The Labute approximate surface area is 130 Å². The van der Waals surface area contributed by atoms with Crippen LogP contribution in [0.5, 0.6) is 0 Å². The van der Waals surface area contributed by atoms with Crippen molar-refractivity contribution < 1.29 is 0 Å². The number of benzene rings is 2. The first kappa shape index (κ1) is 13.8. The van der Waals surface area contributed by atoms with Gasteiger partial charge in [-0.3, -0.25) is 4.98 Å². The largest absolute Gasteiger partial charge is 0.260 e. The predicted molar refractivity (Wildman–Crippen MR) is 87.7 cm³/mol.